The zero-order valence-corrected chi connectivity index (χ0v) is 8.38. The standard InChI is InChI=1S/C11H17NO/c1-8(2)9-4-5-11(3,13)10(6-9)7-12/h9-10,13H,1,4-6H2,2-3H3/t9?,10-,11+/m0/s1. The molecule has 0 aliphatic heterocycles. The summed E-state index contributed by atoms with van der Waals surface area (Å²) in [5.41, 5.74) is 0.344. The molecule has 0 aromatic carbocycles. The Morgan fingerprint density at radius 2 is 2.31 bits per heavy atom. The van der Waals surface area contributed by atoms with Crippen molar-refractivity contribution in [3.8, 4) is 6.07 Å². The molecule has 1 fully saturated rings. The predicted molar refractivity (Wildman–Crippen MR) is 51.9 cm³/mol. The van der Waals surface area contributed by atoms with Gasteiger partial charge in [0.2, 0.25) is 0 Å². The first-order valence-corrected chi connectivity index (χ1v) is 4.75. The second kappa shape index (κ2) is 3.51. The first kappa shape index (κ1) is 10.3. The van der Waals surface area contributed by atoms with Gasteiger partial charge in [-0.15, -0.1) is 0 Å². The molecule has 0 heterocycles. The van der Waals surface area contributed by atoms with Gasteiger partial charge in [0.15, 0.2) is 0 Å². The monoisotopic (exact) mass is 179 g/mol. The van der Waals surface area contributed by atoms with Gasteiger partial charge in [0.05, 0.1) is 17.6 Å². The van der Waals surface area contributed by atoms with Crippen molar-refractivity contribution in [3.63, 3.8) is 0 Å². The van der Waals surface area contributed by atoms with E-state index in [0.29, 0.717) is 12.3 Å². The summed E-state index contributed by atoms with van der Waals surface area (Å²) < 4.78 is 0. The van der Waals surface area contributed by atoms with E-state index in [1.165, 1.54) is 0 Å². The smallest absolute Gasteiger partial charge is 0.0777 e. The minimum absolute atomic E-state index is 0.233. The molecule has 0 aromatic heterocycles. The molecule has 0 bridgehead atoms. The van der Waals surface area contributed by atoms with Gasteiger partial charge in [-0.1, -0.05) is 12.2 Å². The van der Waals surface area contributed by atoms with Crippen LogP contribution >= 0.6 is 0 Å². The molecule has 0 radical (unpaired) electrons. The van der Waals surface area contributed by atoms with Crippen molar-refractivity contribution in [1.29, 1.82) is 5.26 Å². The highest BCUT2D eigenvalue weighted by atomic mass is 16.3. The van der Waals surface area contributed by atoms with E-state index in [1.807, 2.05) is 6.92 Å². The molecule has 1 N–H and O–H groups in total. The summed E-state index contributed by atoms with van der Waals surface area (Å²) in [4.78, 5) is 0. The van der Waals surface area contributed by atoms with E-state index in [9.17, 15) is 5.11 Å². The van der Waals surface area contributed by atoms with Crippen LogP contribution in [-0.4, -0.2) is 10.7 Å². The SMILES string of the molecule is C=C(C)C1CC[C@@](C)(O)[C@H](C#N)C1. The number of nitrogens with zero attached hydrogens (tertiary/aromatic N) is 1. The minimum Gasteiger partial charge on any atom is -0.389 e. The largest absolute Gasteiger partial charge is 0.389 e. The fourth-order valence-electron chi connectivity index (χ4n) is 1.94. The zero-order chi connectivity index (χ0) is 10.1. The Labute approximate surface area is 79.9 Å². The van der Waals surface area contributed by atoms with Gasteiger partial charge < -0.3 is 5.11 Å². The summed E-state index contributed by atoms with van der Waals surface area (Å²) >= 11 is 0. The second-order valence-electron chi connectivity index (χ2n) is 4.36. The van der Waals surface area contributed by atoms with Crippen LogP contribution in [0.1, 0.15) is 33.1 Å². The highest BCUT2D eigenvalue weighted by Crippen LogP contribution is 2.38. The maximum atomic E-state index is 9.88. The molecule has 2 heteroatoms. The average Bonchev–Trinajstić information content (AvgIpc) is 2.03. The highest BCUT2D eigenvalue weighted by Gasteiger charge is 2.38. The van der Waals surface area contributed by atoms with Gasteiger partial charge in [0.1, 0.15) is 0 Å². The molecule has 1 rings (SSSR count). The Morgan fingerprint density at radius 1 is 1.69 bits per heavy atom. The van der Waals surface area contributed by atoms with E-state index < -0.39 is 5.60 Å². The number of nitriles is 1. The normalized spacial score (nSPS) is 39.5. The van der Waals surface area contributed by atoms with Crippen LogP contribution in [0.25, 0.3) is 0 Å². The number of hydrogen-bond donors (Lipinski definition) is 1. The van der Waals surface area contributed by atoms with Crippen LogP contribution in [0.5, 0.6) is 0 Å². The van der Waals surface area contributed by atoms with E-state index in [0.717, 1.165) is 18.4 Å². The van der Waals surface area contributed by atoms with Crippen molar-refractivity contribution >= 4 is 0 Å². The lowest BCUT2D eigenvalue weighted by Gasteiger charge is -2.37. The molecule has 2 nitrogen and oxygen atoms in total. The third kappa shape index (κ3) is 2.10. The molecule has 13 heavy (non-hydrogen) atoms. The van der Waals surface area contributed by atoms with E-state index >= 15 is 0 Å². The molecule has 0 spiro atoms. The summed E-state index contributed by atoms with van der Waals surface area (Å²) in [5, 5.41) is 18.8. The lowest BCUT2D eigenvalue weighted by molar-refractivity contribution is -0.0195. The maximum absolute atomic E-state index is 9.88. The Kier molecular flexibility index (Phi) is 2.77. The number of rotatable bonds is 1. The van der Waals surface area contributed by atoms with Gasteiger partial charge in [0.25, 0.3) is 0 Å². The van der Waals surface area contributed by atoms with E-state index in [-0.39, 0.29) is 5.92 Å². The molecule has 0 saturated heterocycles. The summed E-state index contributed by atoms with van der Waals surface area (Å²) in [6, 6.07) is 2.19. The number of aliphatic hydroxyl groups is 1. The highest BCUT2D eigenvalue weighted by molar-refractivity contribution is 5.07. The molecule has 1 aliphatic carbocycles. The Bertz CT molecular complexity index is 249. The van der Waals surface area contributed by atoms with Crippen molar-refractivity contribution in [3.05, 3.63) is 12.2 Å². The van der Waals surface area contributed by atoms with Crippen molar-refractivity contribution < 1.29 is 5.11 Å². The van der Waals surface area contributed by atoms with Crippen LogP contribution in [0.3, 0.4) is 0 Å². The number of hydrogen-bond acceptors (Lipinski definition) is 2. The van der Waals surface area contributed by atoms with Gasteiger partial charge in [-0.2, -0.15) is 5.26 Å². The van der Waals surface area contributed by atoms with Crippen molar-refractivity contribution in [2.75, 3.05) is 0 Å². The van der Waals surface area contributed by atoms with Crippen molar-refractivity contribution in [2.24, 2.45) is 11.8 Å². The zero-order valence-electron chi connectivity index (χ0n) is 8.38. The van der Waals surface area contributed by atoms with Crippen LogP contribution < -0.4 is 0 Å². The van der Waals surface area contributed by atoms with E-state index in [4.69, 9.17) is 5.26 Å². The predicted octanol–water partition coefficient (Wildman–Crippen LogP) is 2.25. The number of allylic oxidation sites excluding steroid dienone is 1. The molecule has 0 aromatic rings. The van der Waals surface area contributed by atoms with Crippen LogP contribution in [0.2, 0.25) is 0 Å². The molecule has 1 unspecified atom stereocenters. The van der Waals surface area contributed by atoms with Gasteiger partial charge in [-0.3, -0.25) is 0 Å². The minimum atomic E-state index is -0.791. The molecule has 1 saturated carbocycles. The van der Waals surface area contributed by atoms with Gasteiger partial charge in [0, 0.05) is 0 Å². The Balaban J connectivity index is 2.70. The van der Waals surface area contributed by atoms with Gasteiger partial charge >= 0.3 is 0 Å². The second-order valence-corrected chi connectivity index (χ2v) is 4.36. The summed E-state index contributed by atoms with van der Waals surface area (Å²) in [6.07, 6.45) is 2.43. The fraction of sp³-hybridized carbons (Fsp3) is 0.727. The van der Waals surface area contributed by atoms with Crippen molar-refractivity contribution in [1.82, 2.24) is 0 Å². The third-order valence-electron chi connectivity index (χ3n) is 3.12. The topological polar surface area (TPSA) is 44.0 Å². The van der Waals surface area contributed by atoms with Gasteiger partial charge in [-0.05, 0) is 39.0 Å². The fourth-order valence-corrected chi connectivity index (χ4v) is 1.94. The summed E-state index contributed by atoms with van der Waals surface area (Å²) in [7, 11) is 0. The van der Waals surface area contributed by atoms with Crippen LogP contribution in [0.15, 0.2) is 12.2 Å². The van der Waals surface area contributed by atoms with Gasteiger partial charge in [-0.25, -0.2) is 0 Å². The van der Waals surface area contributed by atoms with Crippen LogP contribution in [0.4, 0.5) is 0 Å². The van der Waals surface area contributed by atoms with Crippen LogP contribution in [0, 0.1) is 23.2 Å². The van der Waals surface area contributed by atoms with Crippen LogP contribution in [-0.2, 0) is 0 Å². The lowest BCUT2D eigenvalue weighted by Crippen LogP contribution is -2.39. The lowest BCUT2D eigenvalue weighted by atomic mass is 9.71. The first-order chi connectivity index (χ1) is 5.97. The molecule has 3 atom stereocenters. The molecule has 0 amide bonds. The first-order valence-electron chi connectivity index (χ1n) is 4.75. The molecule has 1 aliphatic rings. The Hall–Kier alpha value is -0.810. The van der Waals surface area contributed by atoms with Crippen molar-refractivity contribution in [2.45, 2.75) is 38.7 Å². The van der Waals surface area contributed by atoms with E-state index in [2.05, 4.69) is 12.6 Å². The average molecular weight is 179 g/mol. The van der Waals surface area contributed by atoms with E-state index in [1.54, 1.807) is 6.92 Å². The summed E-state index contributed by atoms with van der Waals surface area (Å²) in [6.45, 7) is 7.66. The quantitative estimate of drug-likeness (QED) is 0.627. The Morgan fingerprint density at radius 3 is 2.77 bits per heavy atom. The maximum Gasteiger partial charge on any atom is 0.0777 e. The molecule has 72 valence electrons. The molecular formula is C11H17NO. The third-order valence-corrected chi connectivity index (χ3v) is 3.12. The molecular weight excluding hydrogens is 162 g/mol. The summed E-state index contributed by atoms with van der Waals surface area (Å²) in [5.74, 6) is 0.188.